The topological polar surface area (TPSA) is 38.3 Å². The summed E-state index contributed by atoms with van der Waals surface area (Å²) < 4.78 is 5.70. The fourth-order valence-corrected chi connectivity index (χ4v) is 1.01. The number of rotatable bonds is 7. The maximum absolute atomic E-state index is 10.9. The van der Waals surface area contributed by atoms with E-state index >= 15 is 0 Å². The third-order valence-corrected chi connectivity index (χ3v) is 1.64. The van der Waals surface area contributed by atoms with Crippen LogP contribution in [0, 0.1) is 0 Å². The van der Waals surface area contributed by atoms with E-state index in [9.17, 15) is 4.79 Å². The van der Waals surface area contributed by atoms with Crippen molar-refractivity contribution >= 4 is 21.9 Å². The van der Waals surface area contributed by atoms with Crippen LogP contribution in [-0.2, 0) is 9.53 Å². The lowest BCUT2D eigenvalue weighted by molar-refractivity contribution is -0.143. The molecule has 0 atom stereocenters. The van der Waals surface area contributed by atoms with Crippen molar-refractivity contribution in [2.75, 3.05) is 19.7 Å². The minimum atomic E-state index is -0.123. The van der Waals surface area contributed by atoms with Gasteiger partial charge in [-0.05, 0) is 19.9 Å². The quantitative estimate of drug-likeness (QED) is 0.553. The molecule has 0 saturated carbocycles. The minimum Gasteiger partial charge on any atom is -0.466 e. The van der Waals surface area contributed by atoms with Crippen molar-refractivity contribution in [2.45, 2.75) is 19.8 Å². The molecule has 0 aliphatic rings. The first-order valence-corrected chi connectivity index (χ1v) is 5.15. The zero-order chi connectivity index (χ0) is 10.1. The molecular weight excluding hydrogens is 234 g/mol. The zero-order valence-electron chi connectivity index (χ0n) is 7.94. The summed E-state index contributed by atoms with van der Waals surface area (Å²) in [5, 5.41) is 3.13. The van der Waals surface area contributed by atoms with Gasteiger partial charge in [-0.1, -0.05) is 22.5 Å². The molecule has 0 aliphatic heterocycles. The number of halogens is 1. The molecule has 0 amide bonds. The second-order valence-electron chi connectivity index (χ2n) is 2.60. The lowest BCUT2D eigenvalue weighted by Gasteiger charge is -2.03. The van der Waals surface area contributed by atoms with Crippen LogP contribution >= 0.6 is 15.9 Å². The second-order valence-corrected chi connectivity index (χ2v) is 3.72. The Balaban J connectivity index is 3.16. The van der Waals surface area contributed by atoms with Crippen molar-refractivity contribution in [3.63, 3.8) is 0 Å². The highest BCUT2D eigenvalue weighted by molar-refractivity contribution is 9.11. The van der Waals surface area contributed by atoms with Gasteiger partial charge in [0.15, 0.2) is 0 Å². The number of hydrogen-bond donors (Lipinski definition) is 1. The molecule has 0 aromatic carbocycles. The molecule has 3 nitrogen and oxygen atoms in total. The van der Waals surface area contributed by atoms with Gasteiger partial charge in [-0.15, -0.1) is 0 Å². The summed E-state index contributed by atoms with van der Waals surface area (Å²) in [5.41, 5.74) is 0. The average Bonchev–Trinajstić information content (AvgIpc) is 2.03. The van der Waals surface area contributed by atoms with E-state index in [0.717, 1.165) is 24.0 Å². The van der Waals surface area contributed by atoms with E-state index in [1.807, 2.05) is 6.92 Å². The van der Waals surface area contributed by atoms with Crippen molar-refractivity contribution in [1.29, 1.82) is 0 Å². The summed E-state index contributed by atoms with van der Waals surface area (Å²) in [6.45, 7) is 7.50. The van der Waals surface area contributed by atoms with E-state index in [0.29, 0.717) is 13.0 Å². The van der Waals surface area contributed by atoms with Crippen LogP contribution < -0.4 is 5.32 Å². The molecule has 0 radical (unpaired) electrons. The van der Waals surface area contributed by atoms with Crippen LogP contribution in [0.25, 0.3) is 0 Å². The van der Waals surface area contributed by atoms with Crippen LogP contribution in [0.3, 0.4) is 0 Å². The molecule has 0 unspecified atom stereocenters. The van der Waals surface area contributed by atoms with Gasteiger partial charge >= 0.3 is 5.97 Å². The van der Waals surface area contributed by atoms with Gasteiger partial charge < -0.3 is 10.1 Å². The summed E-state index contributed by atoms with van der Waals surface area (Å²) in [7, 11) is 0. The first kappa shape index (κ1) is 12.7. The molecule has 13 heavy (non-hydrogen) atoms. The first-order chi connectivity index (χ1) is 6.16. The molecule has 0 bridgehead atoms. The molecular formula is C9H16BrNO2. The highest BCUT2D eigenvalue weighted by atomic mass is 79.9. The Morgan fingerprint density at radius 3 is 2.85 bits per heavy atom. The zero-order valence-corrected chi connectivity index (χ0v) is 9.52. The van der Waals surface area contributed by atoms with Crippen LogP contribution in [0.15, 0.2) is 11.1 Å². The molecule has 1 N–H and O–H groups in total. The molecule has 0 fully saturated rings. The van der Waals surface area contributed by atoms with E-state index in [1.165, 1.54) is 0 Å². The molecule has 4 heteroatoms. The van der Waals surface area contributed by atoms with E-state index in [4.69, 9.17) is 4.74 Å². The second kappa shape index (κ2) is 8.26. The number of ether oxygens (including phenoxy) is 1. The summed E-state index contributed by atoms with van der Waals surface area (Å²) >= 11 is 3.23. The van der Waals surface area contributed by atoms with Crippen molar-refractivity contribution in [1.82, 2.24) is 5.32 Å². The van der Waals surface area contributed by atoms with Gasteiger partial charge in [0.25, 0.3) is 0 Å². The van der Waals surface area contributed by atoms with Crippen molar-refractivity contribution < 1.29 is 9.53 Å². The Bertz CT molecular complexity index is 171. The molecule has 0 aromatic heterocycles. The molecule has 0 heterocycles. The van der Waals surface area contributed by atoms with E-state index in [-0.39, 0.29) is 5.97 Å². The van der Waals surface area contributed by atoms with Gasteiger partial charge in [0.2, 0.25) is 0 Å². The highest BCUT2D eigenvalue weighted by Crippen LogP contribution is 1.97. The Labute approximate surface area is 87.7 Å². The van der Waals surface area contributed by atoms with E-state index in [1.54, 1.807) is 0 Å². The third kappa shape index (κ3) is 9.56. The minimum absolute atomic E-state index is 0.123. The fraction of sp³-hybridized carbons (Fsp3) is 0.667. The van der Waals surface area contributed by atoms with Crippen molar-refractivity contribution in [3.8, 4) is 0 Å². The van der Waals surface area contributed by atoms with Gasteiger partial charge in [-0.2, -0.15) is 0 Å². The number of carbonyl (C=O) groups excluding carboxylic acids is 1. The first-order valence-electron chi connectivity index (χ1n) is 4.36. The Kier molecular flexibility index (Phi) is 8.04. The third-order valence-electron chi connectivity index (χ3n) is 1.36. The van der Waals surface area contributed by atoms with Gasteiger partial charge in [-0.3, -0.25) is 4.79 Å². The molecule has 0 spiro atoms. The lowest BCUT2D eigenvalue weighted by Crippen LogP contribution is -2.17. The SMILES string of the molecule is C=C(Br)CNCCCC(=O)OCC. The summed E-state index contributed by atoms with van der Waals surface area (Å²) in [6, 6.07) is 0. The Hall–Kier alpha value is -0.350. The Morgan fingerprint density at radius 1 is 1.62 bits per heavy atom. The van der Waals surface area contributed by atoms with Gasteiger partial charge in [0.05, 0.1) is 6.61 Å². The monoisotopic (exact) mass is 249 g/mol. The van der Waals surface area contributed by atoms with Crippen molar-refractivity contribution in [2.24, 2.45) is 0 Å². The van der Waals surface area contributed by atoms with Crippen LogP contribution in [-0.4, -0.2) is 25.7 Å². The summed E-state index contributed by atoms with van der Waals surface area (Å²) in [4.78, 5) is 10.9. The molecule has 76 valence electrons. The standard InChI is InChI=1S/C9H16BrNO2/c1-3-13-9(12)5-4-6-11-7-8(2)10/h11H,2-7H2,1H3. The number of carbonyl (C=O) groups is 1. The largest absolute Gasteiger partial charge is 0.466 e. The fourth-order valence-electron chi connectivity index (χ4n) is 0.815. The van der Waals surface area contributed by atoms with Crippen molar-refractivity contribution in [3.05, 3.63) is 11.1 Å². The van der Waals surface area contributed by atoms with E-state index < -0.39 is 0 Å². The predicted molar refractivity (Wildman–Crippen MR) is 56.8 cm³/mol. The van der Waals surface area contributed by atoms with Crippen LogP contribution in [0.4, 0.5) is 0 Å². The van der Waals surface area contributed by atoms with Gasteiger partial charge in [-0.25, -0.2) is 0 Å². The number of nitrogens with one attached hydrogen (secondary N) is 1. The lowest BCUT2D eigenvalue weighted by atomic mass is 10.3. The van der Waals surface area contributed by atoms with Gasteiger partial charge in [0.1, 0.15) is 0 Å². The Morgan fingerprint density at radius 2 is 2.31 bits per heavy atom. The molecule has 0 saturated heterocycles. The number of esters is 1. The number of hydrogen-bond acceptors (Lipinski definition) is 3. The maximum Gasteiger partial charge on any atom is 0.305 e. The van der Waals surface area contributed by atoms with Crippen LogP contribution in [0.5, 0.6) is 0 Å². The average molecular weight is 250 g/mol. The smallest absolute Gasteiger partial charge is 0.305 e. The van der Waals surface area contributed by atoms with Crippen LogP contribution in [0.2, 0.25) is 0 Å². The summed E-state index contributed by atoms with van der Waals surface area (Å²) in [6.07, 6.45) is 1.29. The van der Waals surface area contributed by atoms with Crippen LogP contribution in [0.1, 0.15) is 19.8 Å². The molecule has 0 rings (SSSR count). The van der Waals surface area contributed by atoms with E-state index in [2.05, 4.69) is 27.8 Å². The van der Waals surface area contributed by atoms with Gasteiger partial charge in [0, 0.05) is 17.4 Å². The molecule has 0 aliphatic carbocycles. The maximum atomic E-state index is 10.9. The normalized spacial score (nSPS) is 9.69. The predicted octanol–water partition coefficient (Wildman–Crippen LogP) is 1.83. The highest BCUT2D eigenvalue weighted by Gasteiger charge is 1.99. The molecule has 0 aromatic rings. The summed E-state index contributed by atoms with van der Waals surface area (Å²) in [5.74, 6) is -0.123.